The minimum Gasteiger partial charge on any atom is -0.394 e. The second-order valence-electron chi connectivity index (χ2n) is 7.60. The zero-order chi connectivity index (χ0) is 21.1. The van der Waals surface area contributed by atoms with E-state index in [1.807, 2.05) is 0 Å². The molecular weight excluding hydrogens is 368 g/mol. The minimum atomic E-state index is -2.01. The highest BCUT2D eigenvalue weighted by Crippen LogP contribution is 2.26. The van der Waals surface area contributed by atoms with Gasteiger partial charge in [0.15, 0.2) is 12.1 Å². The Morgan fingerprint density at radius 1 is 1.04 bits per heavy atom. The summed E-state index contributed by atoms with van der Waals surface area (Å²) in [5, 5.41) is 78.2. The molecule has 1 heterocycles. The van der Waals surface area contributed by atoms with Crippen LogP contribution in [0.2, 0.25) is 0 Å². The van der Waals surface area contributed by atoms with Crippen LogP contribution < -0.4 is 0 Å². The number of hydrogen-bond donors (Lipinski definition) is 8. The Bertz CT molecular complexity index is 477. The van der Waals surface area contributed by atoms with Crippen LogP contribution in [-0.4, -0.2) is 115 Å². The number of ketones is 1. The fraction of sp³-hybridized carbons (Fsp3) is 0.938. The number of carbonyl (C=O) groups is 1. The average Bonchev–Trinajstić information content (AvgIpc) is 2.62. The summed E-state index contributed by atoms with van der Waals surface area (Å²) in [6.07, 6.45) is -15.9. The lowest BCUT2D eigenvalue weighted by Crippen LogP contribution is -2.62. The predicted octanol–water partition coefficient (Wildman–Crippen LogP) is -4.14. The van der Waals surface area contributed by atoms with Crippen LogP contribution in [0.15, 0.2) is 0 Å². The van der Waals surface area contributed by atoms with E-state index in [0.717, 1.165) is 0 Å². The van der Waals surface area contributed by atoms with Gasteiger partial charge in [0.1, 0.15) is 48.8 Å². The van der Waals surface area contributed by atoms with Gasteiger partial charge in [0.25, 0.3) is 0 Å². The monoisotopic (exact) mass is 398 g/mol. The van der Waals surface area contributed by atoms with Crippen LogP contribution in [0.5, 0.6) is 0 Å². The molecule has 160 valence electrons. The van der Waals surface area contributed by atoms with E-state index < -0.39 is 79.5 Å². The molecule has 0 aromatic carbocycles. The van der Waals surface area contributed by atoms with Crippen molar-refractivity contribution < 1.29 is 55.1 Å². The van der Waals surface area contributed by atoms with Gasteiger partial charge in [-0.05, 0) is 0 Å². The maximum atomic E-state index is 12.2. The summed E-state index contributed by atoms with van der Waals surface area (Å²) in [4.78, 5) is 12.2. The summed E-state index contributed by atoms with van der Waals surface area (Å²) in [7, 11) is 0. The number of rotatable bonds is 8. The number of aliphatic hydroxyl groups excluding tert-OH is 8. The molecule has 5 unspecified atom stereocenters. The summed E-state index contributed by atoms with van der Waals surface area (Å²) < 4.78 is 10.3. The molecule has 0 aromatic heterocycles. The lowest BCUT2D eigenvalue weighted by molar-refractivity contribution is -0.326. The van der Waals surface area contributed by atoms with Crippen molar-refractivity contribution in [1.29, 1.82) is 0 Å². The second kappa shape index (κ2) is 9.65. The molecule has 0 radical (unpaired) electrons. The third-order valence-electron chi connectivity index (χ3n) is 4.37. The highest BCUT2D eigenvalue weighted by molar-refractivity contribution is 5.88. The van der Waals surface area contributed by atoms with E-state index in [2.05, 4.69) is 0 Å². The van der Waals surface area contributed by atoms with Crippen LogP contribution in [0.1, 0.15) is 20.8 Å². The SMILES string of the molecule is CC(C)(C)C(=O)[C@H](O)[C@@H](O)[C@H](OC1OC(CO)C(O)C(O)C1O)[C@H](O)CO. The first-order chi connectivity index (χ1) is 12.4. The molecule has 11 heteroatoms. The fourth-order valence-electron chi connectivity index (χ4n) is 2.62. The standard InChI is InChI=1S/C16H30O11/c1-16(2,3)14(25)11(23)10(22)13(6(19)4-17)27-15-12(24)9(21)8(20)7(5-18)26-15/h6-13,15,17-24H,4-5H2,1-3H3/t6-,7?,8?,9?,10-,11-,12?,13-,15?/m1/s1. The number of ether oxygens (including phenoxy) is 2. The maximum absolute atomic E-state index is 12.2. The Morgan fingerprint density at radius 2 is 1.59 bits per heavy atom. The van der Waals surface area contributed by atoms with Gasteiger partial charge >= 0.3 is 0 Å². The van der Waals surface area contributed by atoms with Crippen molar-refractivity contribution in [3.05, 3.63) is 0 Å². The number of aliphatic hydroxyl groups is 8. The van der Waals surface area contributed by atoms with Crippen LogP contribution in [-0.2, 0) is 14.3 Å². The summed E-state index contributed by atoms with van der Waals surface area (Å²) in [6.45, 7) is 2.85. The molecule has 1 fully saturated rings. The van der Waals surface area contributed by atoms with Gasteiger partial charge in [0.05, 0.1) is 13.2 Å². The number of carbonyl (C=O) groups excluding carboxylic acids is 1. The normalized spacial score (nSPS) is 34.0. The summed E-state index contributed by atoms with van der Waals surface area (Å²) in [6, 6.07) is 0. The Hall–Kier alpha value is -0.730. The van der Waals surface area contributed by atoms with Crippen LogP contribution in [0, 0.1) is 5.41 Å². The zero-order valence-corrected chi connectivity index (χ0v) is 15.4. The lowest BCUT2D eigenvalue weighted by atomic mass is 9.84. The molecular formula is C16H30O11. The Morgan fingerprint density at radius 3 is 2.04 bits per heavy atom. The molecule has 1 saturated heterocycles. The van der Waals surface area contributed by atoms with E-state index in [4.69, 9.17) is 9.47 Å². The fourth-order valence-corrected chi connectivity index (χ4v) is 2.62. The topological polar surface area (TPSA) is 197 Å². The lowest BCUT2D eigenvalue weighted by Gasteiger charge is -2.42. The molecule has 1 aliphatic heterocycles. The number of hydrogen-bond acceptors (Lipinski definition) is 11. The molecule has 0 bridgehead atoms. The van der Waals surface area contributed by atoms with Crippen LogP contribution in [0.3, 0.4) is 0 Å². The molecule has 1 aliphatic rings. The van der Waals surface area contributed by atoms with Crippen molar-refractivity contribution >= 4 is 5.78 Å². The maximum Gasteiger partial charge on any atom is 0.187 e. The van der Waals surface area contributed by atoms with Crippen LogP contribution in [0.4, 0.5) is 0 Å². The molecule has 0 amide bonds. The highest BCUT2D eigenvalue weighted by Gasteiger charge is 2.47. The minimum absolute atomic E-state index is 0.730. The van der Waals surface area contributed by atoms with Crippen molar-refractivity contribution in [2.45, 2.75) is 75.9 Å². The predicted molar refractivity (Wildman–Crippen MR) is 88.2 cm³/mol. The van der Waals surface area contributed by atoms with E-state index in [1.165, 1.54) is 20.8 Å². The Balaban J connectivity index is 3.02. The van der Waals surface area contributed by atoms with Gasteiger partial charge in [-0.25, -0.2) is 0 Å². The second-order valence-corrected chi connectivity index (χ2v) is 7.60. The first-order valence-electron chi connectivity index (χ1n) is 8.52. The Kier molecular flexibility index (Phi) is 8.69. The van der Waals surface area contributed by atoms with E-state index in [0.29, 0.717) is 0 Å². The first-order valence-corrected chi connectivity index (χ1v) is 8.52. The van der Waals surface area contributed by atoms with E-state index >= 15 is 0 Å². The summed E-state index contributed by atoms with van der Waals surface area (Å²) >= 11 is 0. The van der Waals surface area contributed by atoms with Crippen molar-refractivity contribution in [2.24, 2.45) is 5.41 Å². The zero-order valence-electron chi connectivity index (χ0n) is 15.4. The number of Topliss-reactive ketones (excluding diaryl/α,β-unsaturated/α-hetero) is 1. The summed E-state index contributed by atoms with van der Waals surface area (Å²) in [5.74, 6) is -0.762. The van der Waals surface area contributed by atoms with Crippen LogP contribution >= 0.6 is 0 Å². The largest absolute Gasteiger partial charge is 0.394 e. The van der Waals surface area contributed by atoms with Crippen molar-refractivity contribution in [2.75, 3.05) is 13.2 Å². The van der Waals surface area contributed by atoms with Crippen molar-refractivity contribution in [1.82, 2.24) is 0 Å². The molecule has 9 atom stereocenters. The molecule has 0 spiro atoms. The van der Waals surface area contributed by atoms with Crippen molar-refractivity contribution in [3.63, 3.8) is 0 Å². The van der Waals surface area contributed by atoms with Gasteiger partial charge in [0, 0.05) is 5.41 Å². The van der Waals surface area contributed by atoms with Gasteiger partial charge in [-0.2, -0.15) is 0 Å². The van der Waals surface area contributed by atoms with E-state index in [9.17, 15) is 45.6 Å². The van der Waals surface area contributed by atoms with Gasteiger partial charge in [-0.15, -0.1) is 0 Å². The van der Waals surface area contributed by atoms with Gasteiger partial charge < -0.3 is 50.3 Å². The molecule has 11 nitrogen and oxygen atoms in total. The smallest absolute Gasteiger partial charge is 0.187 e. The molecule has 1 rings (SSSR count). The Labute approximate surface area is 156 Å². The van der Waals surface area contributed by atoms with Crippen LogP contribution in [0.25, 0.3) is 0 Å². The third kappa shape index (κ3) is 5.64. The quantitative estimate of drug-likeness (QED) is 0.197. The highest BCUT2D eigenvalue weighted by atomic mass is 16.7. The molecule has 27 heavy (non-hydrogen) atoms. The van der Waals surface area contributed by atoms with Crippen molar-refractivity contribution in [3.8, 4) is 0 Å². The molecule has 0 aromatic rings. The summed E-state index contributed by atoms with van der Waals surface area (Å²) in [5.41, 5.74) is -1.03. The van der Waals surface area contributed by atoms with E-state index in [-0.39, 0.29) is 0 Å². The average molecular weight is 398 g/mol. The first kappa shape index (κ1) is 24.3. The van der Waals surface area contributed by atoms with E-state index in [1.54, 1.807) is 0 Å². The molecule has 0 saturated carbocycles. The van der Waals surface area contributed by atoms with Gasteiger partial charge in [0.2, 0.25) is 0 Å². The molecule has 8 N–H and O–H groups in total. The van der Waals surface area contributed by atoms with Gasteiger partial charge in [-0.3, -0.25) is 4.79 Å². The molecule has 0 aliphatic carbocycles. The third-order valence-corrected chi connectivity index (χ3v) is 4.37. The van der Waals surface area contributed by atoms with Gasteiger partial charge in [-0.1, -0.05) is 20.8 Å².